The van der Waals surface area contributed by atoms with Gasteiger partial charge in [-0.2, -0.15) is 0 Å². The van der Waals surface area contributed by atoms with E-state index in [1.165, 1.54) is 0 Å². The first-order chi connectivity index (χ1) is 9.63. The third kappa shape index (κ3) is 4.78. The van der Waals surface area contributed by atoms with Crippen LogP contribution in [0, 0.1) is 6.08 Å². The first-order valence-electron chi connectivity index (χ1n) is 6.42. The number of hydrogen-bond acceptors (Lipinski definition) is 3. The fraction of sp³-hybridized carbons (Fsp3) is 0.400. The van der Waals surface area contributed by atoms with Crippen molar-refractivity contribution in [1.82, 2.24) is 4.90 Å². The monoisotopic (exact) mass is 383 g/mol. The van der Waals surface area contributed by atoms with Gasteiger partial charge in [-0.25, -0.2) is 6.08 Å². The maximum Gasteiger partial charge on any atom is 0.222 e. The van der Waals surface area contributed by atoms with Gasteiger partial charge in [0.15, 0.2) is 0 Å². The maximum absolute atomic E-state index is 11.7. The molecule has 0 N–H and O–H groups in total. The van der Waals surface area contributed by atoms with Crippen molar-refractivity contribution in [2.75, 3.05) is 27.4 Å². The van der Waals surface area contributed by atoms with Crippen LogP contribution in [-0.4, -0.2) is 38.2 Å². The molecule has 0 fully saturated rings. The average Bonchev–Trinajstić information content (AvgIpc) is 2.43. The predicted octanol–water partition coefficient (Wildman–Crippen LogP) is 2.76. The molecule has 1 aliphatic rings. The van der Waals surface area contributed by atoms with E-state index in [0.717, 1.165) is 11.3 Å². The molecular weight excluding hydrogens is 367 g/mol. The normalized spacial score (nSPS) is 14.5. The van der Waals surface area contributed by atoms with Gasteiger partial charge in [-0.3, -0.25) is 4.79 Å². The Labute approximate surface area is 155 Å². The van der Waals surface area contributed by atoms with E-state index in [0.29, 0.717) is 36.8 Å². The van der Waals surface area contributed by atoms with Crippen LogP contribution < -0.4 is 4.74 Å². The number of allylic oxidation sites excluding steroid dienone is 1. The molecule has 0 bridgehead atoms. The molecule has 0 atom stereocenters. The number of carbonyl (C=O) groups excluding carboxylic acids is 1. The van der Waals surface area contributed by atoms with Crippen LogP contribution in [0.25, 0.3) is 5.70 Å². The van der Waals surface area contributed by atoms with Crippen molar-refractivity contribution in [2.24, 2.45) is 0 Å². The summed E-state index contributed by atoms with van der Waals surface area (Å²) in [6, 6.07) is 5.43. The Morgan fingerprint density at radius 3 is 2.81 bits per heavy atom. The van der Waals surface area contributed by atoms with Crippen LogP contribution in [0.3, 0.4) is 0 Å². The van der Waals surface area contributed by atoms with Gasteiger partial charge in [-0.1, -0.05) is 0 Å². The number of halogens is 1. The van der Waals surface area contributed by atoms with Crippen LogP contribution in [0.1, 0.15) is 18.4 Å². The van der Waals surface area contributed by atoms with Gasteiger partial charge in [0.05, 0.1) is 6.61 Å². The third-order valence-corrected chi connectivity index (χ3v) is 3.41. The summed E-state index contributed by atoms with van der Waals surface area (Å²) >= 11 is 6.28. The van der Waals surface area contributed by atoms with Crippen LogP contribution in [0.4, 0.5) is 0 Å². The Bertz CT molecular complexity index is 534. The van der Waals surface area contributed by atoms with E-state index in [-0.39, 0.29) is 38.6 Å². The van der Waals surface area contributed by atoms with E-state index in [9.17, 15) is 4.79 Å². The SMILES string of the molecule is COCCOc1ccc(C2=[C-]CCC(=O)N2C)c(Cl)c1.[Y]. The van der Waals surface area contributed by atoms with E-state index in [1.54, 1.807) is 25.1 Å². The van der Waals surface area contributed by atoms with Crippen molar-refractivity contribution in [3.63, 3.8) is 0 Å². The largest absolute Gasteiger partial charge is 0.491 e. The molecule has 1 heterocycles. The van der Waals surface area contributed by atoms with Crippen molar-refractivity contribution in [1.29, 1.82) is 0 Å². The summed E-state index contributed by atoms with van der Waals surface area (Å²) < 4.78 is 10.4. The van der Waals surface area contributed by atoms with Gasteiger partial charge in [0, 0.05) is 53.3 Å². The molecular formula is C15H17ClNO3Y-. The molecule has 4 nitrogen and oxygen atoms in total. The minimum absolute atomic E-state index is 0. The zero-order valence-corrected chi connectivity index (χ0v) is 15.8. The van der Waals surface area contributed by atoms with Crippen LogP contribution >= 0.6 is 11.6 Å². The molecule has 111 valence electrons. The molecule has 2 rings (SSSR count). The maximum atomic E-state index is 11.7. The molecule has 1 aromatic rings. The van der Waals surface area contributed by atoms with E-state index < -0.39 is 0 Å². The summed E-state index contributed by atoms with van der Waals surface area (Å²) in [4.78, 5) is 13.3. The summed E-state index contributed by atoms with van der Waals surface area (Å²) in [7, 11) is 3.36. The Morgan fingerprint density at radius 1 is 1.38 bits per heavy atom. The van der Waals surface area contributed by atoms with Gasteiger partial charge in [0.25, 0.3) is 0 Å². The van der Waals surface area contributed by atoms with E-state index in [2.05, 4.69) is 6.08 Å². The van der Waals surface area contributed by atoms with Crippen molar-refractivity contribution in [3.8, 4) is 5.75 Å². The van der Waals surface area contributed by atoms with Gasteiger partial charge in [0.1, 0.15) is 12.4 Å². The van der Waals surface area contributed by atoms with Crippen LogP contribution in [0.5, 0.6) is 5.75 Å². The Hall–Kier alpha value is -0.416. The van der Waals surface area contributed by atoms with Gasteiger partial charge in [-0.05, 0) is 17.2 Å². The van der Waals surface area contributed by atoms with Crippen molar-refractivity contribution in [3.05, 3.63) is 34.9 Å². The summed E-state index contributed by atoms with van der Waals surface area (Å²) in [5, 5.41) is 0.545. The fourth-order valence-electron chi connectivity index (χ4n) is 2.00. The zero-order valence-electron chi connectivity index (χ0n) is 12.2. The predicted molar refractivity (Wildman–Crippen MR) is 77.5 cm³/mol. The van der Waals surface area contributed by atoms with Gasteiger partial charge in [0.2, 0.25) is 5.91 Å². The van der Waals surface area contributed by atoms with E-state index in [1.807, 2.05) is 12.1 Å². The van der Waals surface area contributed by atoms with Gasteiger partial charge in [-0.15, -0.1) is 35.3 Å². The number of ether oxygens (including phenoxy) is 2. The average molecular weight is 384 g/mol. The second-order valence-electron chi connectivity index (χ2n) is 4.46. The standard InChI is InChI=1S/C15H17ClNO3.Y/c1-17-14(4-3-5-15(17)18)12-7-6-11(10-13(12)16)20-9-8-19-2;/h6-7,10H,3,5,8-9H2,1-2H3;/q-1;. The molecule has 1 radical (unpaired) electrons. The third-order valence-electron chi connectivity index (χ3n) is 3.09. The second kappa shape index (κ2) is 8.89. The number of rotatable bonds is 5. The molecule has 6 heteroatoms. The Balaban J connectivity index is 0.00000220. The van der Waals surface area contributed by atoms with E-state index in [4.69, 9.17) is 21.1 Å². The Morgan fingerprint density at radius 2 is 2.14 bits per heavy atom. The molecule has 21 heavy (non-hydrogen) atoms. The topological polar surface area (TPSA) is 38.8 Å². The summed E-state index contributed by atoms with van der Waals surface area (Å²) in [6.07, 6.45) is 4.33. The summed E-state index contributed by atoms with van der Waals surface area (Å²) in [5.74, 6) is 0.761. The molecule has 0 saturated heterocycles. The number of amides is 1. The molecule has 1 aromatic carbocycles. The van der Waals surface area contributed by atoms with Gasteiger partial charge < -0.3 is 14.4 Å². The number of hydrogen-bond donors (Lipinski definition) is 0. The molecule has 1 aliphatic heterocycles. The second-order valence-corrected chi connectivity index (χ2v) is 4.87. The summed E-state index contributed by atoms with van der Waals surface area (Å²) in [6.45, 7) is 0.995. The van der Waals surface area contributed by atoms with Crippen LogP contribution in [0.2, 0.25) is 5.02 Å². The fourth-order valence-corrected chi connectivity index (χ4v) is 2.26. The zero-order chi connectivity index (χ0) is 14.5. The van der Waals surface area contributed by atoms with Crippen molar-refractivity contribution < 1.29 is 47.0 Å². The first-order valence-corrected chi connectivity index (χ1v) is 6.80. The number of benzene rings is 1. The molecule has 1 amide bonds. The number of nitrogens with zero attached hydrogens (tertiary/aromatic N) is 1. The molecule has 0 aromatic heterocycles. The molecule has 0 unspecified atom stereocenters. The minimum Gasteiger partial charge on any atom is -0.491 e. The van der Waals surface area contributed by atoms with Crippen LogP contribution in [-0.2, 0) is 42.2 Å². The van der Waals surface area contributed by atoms with Gasteiger partial charge >= 0.3 is 0 Å². The van der Waals surface area contributed by atoms with Crippen molar-refractivity contribution >= 4 is 23.2 Å². The Kier molecular flexibility index (Phi) is 7.89. The number of carbonyl (C=O) groups is 1. The first kappa shape index (κ1) is 18.6. The molecule has 0 saturated carbocycles. The number of methoxy groups -OCH3 is 1. The summed E-state index contributed by atoms with van der Waals surface area (Å²) in [5.41, 5.74) is 1.52. The van der Waals surface area contributed by atoms with E-state index >= 15 is 0 Å². The molecule has 0 aliphatic carbocycles. The van der Waals surface area contributed by atoms with Crippen LogP contribution in [0.15, 0.2) is 18.2 Å². The quantitative estimate of drug-likeness (QED) is 0.580. The van der Waals surface area contributed by atoms with Crippen molar-refractivity contribution in [2.45, 2.75) is 12.8 Å². The minimum atomic E-state index is 0. The smallest absolute Gasteiger partial charge is 0.222 e. The molecule has 0 spiro atoms.